The predicted octanol–water partition coefficient (Wildman–Crippen LogP) is 4.17. The van der Waals surface area contributed by atoms with Crippen LogP contribution in [0.25, 0.3) is 0 Å². The lowest BCUT2D eigenvalue weighted by atomic mass is 10.0. The van der Waals surface area contributed by atoms with Gasteiger partial charge in [0.2, 0.25) is 0 Å². The van der Waals surface area contributed by atoms with Crippen LogP contribution in [0.4, 0.5) is 10.5 Å². The Labute approximate surface area is 173 Å². The Morgan fingerprint density at radius 1 is 1.21 bits per heavy atom. The molecule has 0 fully saturated rings. The minimum Gasteiger partial charge on any atom is -0.530 e. The maximum Gasteiger partial charge on any atom is 0.151 e. The largest absolute Gasteiger partial charge is 0.530 e. The second-order valence-electron chi connectivity index (χ2n) is 7.62. The zero-order valence-electron chi connectivity index (χ0n) is 16.1. The number of halogens is 1. The summed E-state index contributed by atoms with van der Waals surface area (Å²) in [4.78, 5) is 13.0. The first-order valence-electron chi connectivity index (χ1n) is 9.17. The van der Waals surface area contributed by atoms with E-state index in [9.17, 15) is 9.90 Å². The van der Waals surface area contributed by atoms with E-state index in [1.54, 1.807) is 18.2 Å². The van der Waals surface area contributed by atoms with Gasteiger partial charge in [0.1, 0.15) is 23.4 Å². The topological polar surface area (TPSA) is 91.8 Å². The van der Waals surface area contributed by atoms with Gasteiger partial charge in [-0.15, -0.1) is 0 Å². The van der Waals surface area contributed by atoms with Gasteiger partial charge in [-0.2, -0.15) is 0 Å². The molecule has 6 nitrogen and oxygen atoms in total. The summed E-state index contributed by atoms with van der Waals surface area (Å²) in [7, 11) is 0. The van der Waals surface area contributed by atoms with Crippen LogP contribution in [0.2, 0.25) is 5.02 Å². The Morgan fingerprint density at radius 3 is 2.69 bits per heavy atom. The van der Waals surface area contributed by atoms with E-state index in [-0.39, 0.29) is 6.54 Å². The predicted molar refractivity (Wildman–Crippen MR) is 108 cm³/mol. The summed E-state index contributed by atoms with van der Waals surface area (Å²) < 4.78 is 11.9. The maximum atomic E-state index is 11.9. The van der Waals surface area contributed by atoms with Crippen LogP contribution < -0.4 is 20.5 Å². The third-order valence-corrected chi connectivity index (χ3v) is 5.09. The second kappa shape index (κ2) is 7.13. The standard InChI is InChI=1S/C22H21ClN2O4/c1-22(2,24)20-9-7-15(28-20)10-13-4-3-5-18-16(13)12-25(21(26)27)17-11-14(23)6-8-19(17)29-18/h3-9,11H,10,12,24H2,1-2H3,(H,26,27)/p-1. The first-order chi connectivity index (χ1) is 13.7. The molecule has 2 heterocycles. The number of benzene rings is 2. The number of hydrogen-bond donors (Lipinski definition) is 1. The van der Waals surface area contributed by atoms with Crippen molar-refractivity contribution in [1.29, 1.82) is 0 Å². The molecule has 0 radical (unpaired) electrons. The molecule has 150 valence electrons. The van der Waals surface area contributed by atoms with Gasteiger partial charge >= 0.3 is 0 Å². The molecule has 1 aliphatic rings. The van der Waals surface area contributed by atoms with Gasteiger partial charge in [0.05, 0.1) is 17.8 Å². The first-order valence-corrected chi connectivity index (χ1v) is 9.55. The van der Waals surface area contributed by atoms with Crippen LogP contribution in [0.3, 0.4) is 0 Å². The van der Waals surface area contributed by atoms with E-state index in [4.69, 9.17) is 26.5 Å². The van der Waals surface area contributed by atoms with E-state index in [0.717, 1.165) is 21.8 Å². The first kappa shape index (κ1) is 19.4. The molecule has 0 saturated heterocycles. The average molecular weight is 412 g/mol. The molecule has 7 heteroatoms. The molecule has 1 aromatic heterocycles. The lowest BCUT2D eigenvalue weighted by Crippen LogP contribution is -2.40. The number of carboxylic acid groups (broad SMARTS) is 1. The Bertz CT molecular complexity index is 1080. The Kier molecular flexibility index (Phi) is 4.76. The molecule has 0 atom stereocenters. The van der Waals surface area contributed by atoms with Crippen LogP contribution >= 0.6 is 11.6 Å². The van der Waals surface area contributed by atoms with Crippen molar-refractivity contribution in [2.75, 3.05) is 4.90 Å². The number of nitrogens with two attached hydrogens (primary N) is 1. The van der Waals surface area contributed by atoms with Gasteiger partial charge in [0.15, 0.2) is 5.75 Å². The molecule has 29 heavy (non-hydrogen) atoms. The molecule has 0 unspecified atom stereocenters. The van der Waals surface area contributed by atoms with Gasteiger partial charge < -0.3 is 29.7 Å². The van der Waals surface area contributed by atoms with Crippen LogP contribution in [0, 0.1) is 0 Å². The second-order valence-corrected chi connectivity index (χ2v) is 8.06. The summed E-state index contributed by atoms with van der Waals surface area (Å²) in [6.45, 7) is 3.83. The smallest absolute Gasteiger partial charge is 0.151 e. The summed E-state index contributed by atoms with van der Waals surface area (Å²) in [6, 6.07) is 14.2. The highest BCUT2D eigenvalue weighted by Gasteiger charge is 2.25. The normalized spacial score (nSPS) is 13.3. The number of fused-ring (bicyclic) bond motifs is 2. The number of rotatable bonds is 3. The number of ether oxygens (including phenoxy) is 1. The molecule has 2 aromatic carbocycles. The highest BCUT2D eigenvalue weighted by Crippen LogP contribution is 2.41. The fraction of sp³-hybridized carbons (Fsp3) is 0.227. The van der Waals surface area contributed by atoms with Crippen molar-refractivity contribution in [2.45, 2.75) is 32.4 Å². The van der Waals surface area contributed by atoms with E-state index >= 15 is 0 Å². The SMILES string of the molecule is CC(C)(N)c1ccc(Cc2cccc3c2CN(C(=O)[O-])c2cc(Cl)ccc2O3)o1. The highest BCUT2D eigenvalue weighted by atomic mass is 35.5. The molecular formula is C22H20ClN2O4-. The van der Waals surface area contributed by atoms with Crippen molar-refractivity contribution >= 4 is 23.4 Å². The monoisotopic (exact) mass is 411 g/mol. The van der Waals surface area contributed by atoms with E-state index in [1.165, 1.54) is 0 Å². The van der Waals surface area contributed by atoms with Crippen LogP contribution in [0.15, 0.2) is 52.9 Å². The highest BCUT2D eigenvalue weighted by molar-refractivity contribution is 6.31. The van der Waals surface area contributed by atoms with Crippen molar-refractivity contribution in [3.8, 4) is 11.5 Å². The number of hydrogen-bond acceptors (Lipinski definition) is 5. The van der Waals surface area contributed by atoms with Gasteiger partial charge in [-0.25, -0.2) is 0 Å². The van der Waals surface area contributed by atoms with Gasteiger partial charge in [-0.1, -0.05) is 23.7 Å². The van der Waals surface area contributed by atoms with E-state index in [2.05, 4.69) is 0 Å². The lowest BCUT2D eigenvalue weighted by Gasteiger charge is -2.25. The Hall–Kier alpha value is -2.96. The van der Waals surface area contributed by atoms with Crippen molar-refractivity contribution in [2.24, 2.45) is 5.73 Å². The Morgan fingerprint density at radius 2 is 2.00 bits per heavy atom. The van der Waals surface area contributed by atoms with E-state index < -0.39 is 11.6 Å². The number of furan rings is 1. The van der Waals surface area contributed by atoms with Crippen molar-refractivity contribution in [3.05, 3.63) is 76.2 Å². The quantitative estimate of drug-likeness (QED) is 0.698. The van der Waals surface area contributed by atoms with Crippen LogP contribution in [0.1, 0.15) is 36.5 Å². The van der Waals surface area contributed by atoms with Gasteiger partial charge in [-0.05, 0) is 55.8 Å². The third kappa shape index (κ3) is 3.81. The summed E-state index contributed by atoms with van der Waals surface area (Å²) in [6.07, 6.45) is -0.856. The molecule has 1 aliphatic heterocycles. The van der Waals surface area contributed by atoms with Crippen molar-refractivity contribution in [1.82, 2.24) is 0 Å². The molecule has 2 N–H and O–H groups in total. The van der Waals surface area contributed by atoms with Gasteiger partial charge in [-0.3, -0.25) is 0 Å². The fourth-order valence-electron chi connectivity index (χ4n) is 3.37. The molecule has 1 amide bonds. The number of carbonyl (C=O) groups excluding carboxylic acids is 1. The maximum absolute atomic E-state index is 11.9. The third-order valence-electron chi connectivity index (χ3n) is 4.86. The molecule has 0 spiro atoms. The molecule has 4 rings (SSSR count). The summed E-state index contributed by atoms with van der Waals surface area (Å²) in [5, 5.41) is 12.3. The molecule has 0 aliphatic carbocycles. The zero-order valence-corrected chi connectivity index (χ0v) is 16.8. The number of anilines is 1. The Balaban J connectivity index is 1.74. The summed E-state index contributed by atoms with van der Waals surface area (Å²) >= 11 is 6.07. The number of amides is 1. The van der Waals surface area contributed by atoms with Crippen molar-refractivity contribution in [3.63, 3.8) is 0 Å². The molecule has 3 aromatic rings. The van der Waals surface area contributed by atoms with E-state index in [0.29, 0.717) is 34.4 Å². The molecular weight excluding hydrogens is 392 g/mol. The van der Waals surface area contributed by atoms with E-state index in [1.807, 2.05) is 44.2 Å². The van der Waals surface area contributed by atoms with Crippen LogP contribution in [0.5, 0.6) is 11.5 Å². The minimum atomic E-state index is -1.33. The van der Waals surface area contributed by atoms with Crippen LogP contribution in [-0.4, -0.2) is 6.09 Å². The summed E-state index contributed by atoms with van der Waals surface area (Å²) in [5.74, 6) is 2.40. The van der Waals surface area contributed by atoms with Gasteiger partial charge in [0.25, 0.3) is 0 Å². The average Bonchev–Trinajstić information content (AvgIpc) is 3.04. The van der Waals surface area contributed by atoms with Crippen LogP contribution in [-0.2, 0) is 18.5 Å². The molecule has 0 saturated carbocycles. The lowest BCUT2D eigenvalue weighted by molar-refractivity contribution is -0.246. The molecule has 0 bridgehead atoms. The number of carbonyl (C=O) groups is 1. The number of nitrogens with zero attached hydrogens (tertiary/aromatic N) is 1. The van der Waals surface area contributed by atoms with Crippen molar-refractivity contribution < 1.29 is 19.1 Å². The summed E-state index contributed by atoms with van der Waals surface area (Å²) in [5.41, 5.74) is 7.51. The fourth-order valence-corrected chi connectivity index (χ4v) is 3.54. The minimum absolute atomic E-state index is 0.0805. The zero-order chi connectivity index (χ0) is 20.8. The van der Waals surface area contributed by atoms with Gasteiger partial charge in [0, 0.05) is 17.0 Å².